The van der Waals surface area contributed by atoms with E-state index in [-0.39, 0.29) is 0 Å². The number of nitrogens with one attached hydrogen (secondary N) is 2. The zero-order valence-electron chi connectivity index (χ0n) is 15.3. The van der Waals surface area contributed by atoms with Crippen LogP contribution in [0.15, 0.2) is 61.1 Å². The third-order valence-corrected chi connectivity index (χ3v) is 4.67. The maximum atomic E-state index is 5.71. The summed E-state index contributed by atoms with van der Waals surface area (Å²) in [4.78, 5) is 7.66. The molecule has 4 aromatic rings. The summed E-state index contributed by atoms with van der Waals surface area (Å²) in [5, 5.41) is 3.51. The van der Waals surface area contributed by atoms with Crippen LogP contribution >= 0.6 is 0 Å². The number of nitrogens with zero attached hydrogens (tertiary/aromatic N) is 2. The molecule has 5 rings (SSSR count). The van der Waals surface area contributed by atoms with Crippen molar-refractivity contribution in [1.82, 2.24) is 9.97 Å². The maximum Gasteiger partial charge on any atom is 0.271 e. The zero-order chi connectivity index (χ0) is 18.9. The van der Waals surface area contributed by atoms with Crippen molar-refractivity contribution in [3.8, 4) is 28.5 Å². The van der Waals surface area contributed by atoms with E-state index in [4.69, 9.17) is 14.2 Å². The Hall–Kier alpha value is -3.74. The van der Waals surface area contributed by atoms with Gasteiger partial charge in [0.1, 0.15) is 30.8 Å². The van der Waals surface area contributed by atoms with Gasteiger partial charge >= 0.3 is 0 Å². The van der Waals surface area contributed by atoms with Gasteiger partial charge in [0.25, 0.3) is 5.82 Å². The number of imidazole rings is 1. The summed E-state index contributed by atoms with van der Waals surface area (Å²) in [6, 6.07) is 13.8. The Labute approximate surface area is 161 Å². The summed E-state index contributed by atoms with van der Waals surface area (Å²) in [6.45, 7) is 1.13. The maximum absolute atomic E-state index is 5.71. The molecule has 0 saturated carbocycles. The lowest BCUT2D eigenvalue weighted by atomic mass is 10.1. The highest BCUT2D eigenvalue weighted by Crippen LogP contribution is 2.35. The van der Waals surface area contributed by atoms with Gasteiger partial charge < -0.3 is 14.2 Å². The van der Waals surface area contributed by atoms with Crippen LogP contribution in [-0.4, -0.2) is 30.3 Å². The van der Waals surface area contributed by atoms with Crippen LogP contribution in [0.3, 0.4) is 0 Å². The molecule has 2 N–H and O–H groups in total. The van der Waals surface area contributed by atoms with Gasteiger partial charge in [-0.05, 0) is 36.4 Å². The minimum atomic E-state index is 0.557. The number of H-pyrrole nitrogens is 1. The van der Waals surface area contributed by atoms with Gasteiger partial charge in [0, 0.05) is 11.6 Å². The van der Waals surface area contributed by atoms with Crippen molar-refractivity contribution in [3.63, 3.8) is 0 Å². The van der Waals surface area contributed by atoms with Gasteiger partial charge in [-0.2, -0.15) is 4.40 Å². The lowest BCUT2D eigenvalue weighted by Crippen LogP contribution is -2.22. The second-order valence-corrected chi connectivity index (χ2v) is 6.39. The number of methoxy groups -OCH3 is 1. The molecule has 0 unspecified atom stereocenters. The second-order valence-electron chi connectivity index (χ2n) is 6.39. The summed E-state index contributed by atoms with van der Waals surface area (Å²) in [6.07, 6.45) is 5.47. The third kappa shape index (κ3) is 2.87. The molecule has 0 spiro atoms. The fourth-order valence-electron chi connectivity index (χ4n) is 3.30. The van der Waals surface area contributed by atoms with Crippen molar-refractivity contribution in [2.75, 3.05) is 25.6 Å². The first-order valence-electron chi connectivity index (χ1n) is 9.00. The number of aromatic nitrogens is 3. The van der Waals surface area contributed by atoms with Gasteiger partial charge in [-0.25, -0.2) is 0 Å². The van der Waals surface area contributed by atoms with E-state index in [1.165, 1.54) is 0 Å². The van der Waals surface area contributed by atoms with Crippen molar-refractivity contribution < 1.29 is 18.6 Å². The molecule has 0 radical (unpaired) electrons. The second kappa shape index (κ2) is 6.77. The Morgan fingerprint density at radius 3 is 2.71 bits per heavy atom. The Morgan fingerprint density at radius 1 is 1.07 bits per heavy atom. The summed E-state index contributed by atoms with van der Waals surface area (Å²) in [5.74, 6) is 3.23. The topological polar surface area (TPSA) is 72.5 Å². The van der Waals surface area contributed by atoms with E-state index < -0.39 is 0 Å². The molecule has 1 aliphatic rings. The number of aromatic amines is 1. The minimum absolute atomic E-state index is 0.557. The van der Waals surface area contributed by atoms with Crippen LogP contribution in [-0.2, 0) is 0 Å². The van der Waals surface area contributed by atoms with E-state index in [0.717, 1.165) is 45.7 Å². The van der Waals surface area contributed by atoms with E-state index in [1.54, 1.807) is 19.5 Å². The van der Waals surface area contributed by atoms with Crippen LogP contribution in [0.25, 0.3) is 16.9 Å². The number of fused-ring (bicyclic) bond motifs is 2. The molecule has 0 atom stereocenters. The Kier molecular flexibility index (Phi) is 3.97. The van der Waals surface area contributed by atoms with Crippen molar-refractivity contribution in [3.05, 3.63) is 61.1 Å². The molecule has 0 saturated heterocycles. The summed E-state index contributed by atoms with van der Waals surface area (Å²) in [7, 11) is 1.66. The van der Waals surface area contributed by atoms with E-state index >= 15 is 0 Å². The number of ether oxygens (including phenoxy) is 3. The van der Waals surface area contributed by atoms with E-state index in [1.807, 2.05) is 53.1 Å². The van der Waals surface area contributed by atoms with Gasteiger partial charge in [0.05, 0.1) is 19.5 Å². The number of hydrogen-bond donors (Lipinski definition) is 2. The first kappa shape index (κ1) is 16.4. The average molecular weight is 375 g/mol. The first-order valence-corrected chi connectivity index (χ1v) is 9.00. The van der Waals surface area contributed by atoms with E-state index in [2.05, 4.69) is 15.3 Å². The molecule has 0 aliphatic carbocycles. The molecule has 140 valence electrons. The van der Waals surface area contributed by atoms with Crippen LogP contribution in [0, 0.1) is 0 Å². The molecular weight excluding hydrogens is 356 g/mol. The number of benzene rings is 2. The first-order chi connectivity index (χ1) is 13.8. The van der Waals surface area contributed by atoms with Crippen LogP contribution in [0.5, 0.6) is 17.2 Å². The molecule has 0 amide bonds. The summed E-state index contributed by atoms with van der Waals surface area (Å²) in [5.41, 5.74) is 3.77. The molecule has 1 aliphatic heterocycles. The fraction of sp³-hybridized carbons (Fsp3) is 0.143. The number of rotatable bonds is 4. The number of hydrogen-bond acceptors (Lipinski definition) is 5. The van der Waals surface area contributed by atoms with E-state index in [9.17, 15) is 0 Å². The normalized spacial score (nSPS) is 12.8. The van der Waals surface area contributed by atoms with Gasteiger partial charge in [0.2, 0.25) is 5.65 Å². The van der Waals surface area contributed by atoms with Gasteiger partial charge in [0.15, 0.2) is 17.2 Å². The lowest BCUT2D eigenvalue weighted by molar-refractivity contribution is -0.494. The van der Waals surface area contributed by atoms with E-state index in [0.29, 0.717) is 13.2 Å². The highest BCUT2D eigenvalue weighted by atomic mass is 16.6. The Bertz CT molecular complexity index is 1140. The predicted octanol–water partition coefficient (Wildman–Crippen LogP) is 3.34. The van der Waals surface area contributed by atoms with Gasteiger partial charge in [-0.15, -0.1) is 0 Å². The van der Waals surface area contributed by atoms with Crippen molar-refractivity contribution in [2.24, 2.45) is 0 Å². The molecular formula is C21H19N4O3+. The molecule has 28 heavy (non-hydrogen) atoms. The largest absolute Gasteiger partial charge is 0.497 e. The molecule has 7 nitrogen and oxygen atoms in total. The number of anilines is 2. The van der Waals surface area contributed by atoms with Crippen LogP contribution in [0.1, 0.15) is 0 Å². The third-order valence-electron chi connectivity index (χ3n) is 4.67. The summed E-state index contributed by atoms with van der Waals surface area (Å²) < 4.78 is 18.6. The molecule has 2 aromatic heterocycles. The smallest absolute Gasteiger partial charge is 0.271 e. The van der Waals surface area contributed by atoms with Crippen LogP contribution in [0.2, 0.25) is 0 Å². The average Bonchev–Trinajstić information content (AvgIpc) is 3.12. The Balaban J connectivity index is 1.59. The summed E-state index contributed by atoms with van der Waals surface area (Å²) >= 11 is 0. The Morgan fingerprint density at radius 2 is 1.89 bits per heavy atom. The lowest BCUT2D eigenvalue weighted by Gasteiger charge is -2.18. The molecule has 0 bridgehead atoms. The quantitative estimate of drug-likeness (QED) is 0.535. The van der Waals surface area contributed by atoms with Crippen molar-refractivity contribution in [2.45, 2.75) is 0 Å². The fourth-order valence-corrected chi connectivity index (χ4v) is 3.30. The predicted molar refractivity (Wildman–Crippen MR) is 104 cm³/mol. The monoisotopic (exact) mass is 375 g/mol. The molecule has 7 heteroatoms. The van der Waals surface area contributed by atoms with Crippen molar-refractivity contribution >= 4 is 17.2 Å². The van der Waals surface area contributed by atoms with Crippen LogP contribution in [0.4, 0.5) is 11.5 Å². The van der Waals surface area contributed by atoms with Crippen LogP contribution < -0.4 is 23.9 Å². The standard InChI is InChI=1S/C21H18N4O3/c1-26-16-5-2-14(3-6-16)20-21(25-9-8-22-13-19(25)24-20)23-15-4-7-17-18(12-15)28-11-10-27-17/h2-9,12-13H,10-11H2,1H3,(H,22,23)/p+1. The van der Waals surface area contributed by atoms with Gasteiger partial charge in [-0.1, -0.05) is 0 Å². The SMILES string of the molecule is COc1ccc(-c2[nH]c3cncc[n+]3c2Nc2ccc3c(c2)OCCO3)cc1. The zero-order valence-corrected chi connectivity index (χ0v) is 15.3. The van der Waals surface area contributed by atoms with Crippen molar-refractivity contribution in [1.29, 1.82) is 0 Å². The highest BCUT2D eigenvalue weighted by Gasteiger charge is 2.22. The minimum Gasteiger partial charge on any atom is -0.497 e. The van der Waals surface area contributed by atoms with Gasteiger partial charge in [-0.3, -0.25) is 15.3 Å². The highest BCUT2D eigenvalue weighted by molar-refractivity contribution is 5.76. The molecule has 2 aromatic carbocycles. The molecule has 0 fully saturated rings. The molecule has 3 heterocycles.